The molecular weight excluding hydrogens is 320 g/mol. The van der Waals surface area contributed by atoms with Gasteiger partial charge in [0.15, 0.2) is 0 Å². The Morgan fingerprint density at radius 2 is 2.16 bits per heavy atom. The van der Waals surface area contributed by atoms with Gasteiger partial charge < -0.3 is 19.7 Å². The summed E-state index contributed by atoms with van der Waals surface area (Å²) in [6.07, 6.45) is 6.32. The molecule has 25 heavy (non-hydrogen) atoms. The fourth-order valence-electron chi connectivity index (χ4n) is 3.70. The Morgan fingerprint density at radius 1 is 1.28 bits per heavy atom. The highest BCUT2D eigenvalue weighted by Crippen LogP contribution is 2.35. The summed E-state index contributed by atoms with van der Waals surface area (Å²) in [6, 6.07) is 3.70. The number of methoxy groups -OCH3 is 1. The van der Waals surface area contributed by atoms with E-state index in [4.69, 9.17) is 9.47 Å². The third-order valence-electron chi connectivity index (χ3n) is 4.98. The van der Waals surface area contributed by atoms with Crippen LogP contribution in [-0.4, -0.2) is 59.4 Å². The van der Waals surface area contributed by atoms with E-state index in [2.05, 4.69) is 30.2 Å². The molecule has 0 unspecified atom stereocenters. The van der Waals surface area contributed by atoms with Crippen LogP contribution in [0, 0.1) is 11.8 Å². The standard InChI is InChI=1S/C17H22N6O2/c1-24-16-7-15(21-11-22-16)23-6-3-13-12(9-23)10-25-14(13)8-20-17-18-4-2-5-19-17/h2,4-5,7,11-14H,3,6,8-10H2,1H3,(H,18,19,20)/t12-,13-,14+/m1/s1. The van der Waals surface area contributed by atoms with Crippen molar-refractivity contribution in [1.29, 1.82) is 0 Å². The summed E-state index contributed by atoms with van der Waals surface area (Å²) < 4.78 is 11.2. The molecule has 0 aromatic carbocycles. The molecule has 2 aliphatic heterocycles. The molecule has 0 amide bonds. The topological polar surface area (TPSA) is 85.3 Å². The molecule has 8 heteroatoms. The molecule has 0 saturated carbocycles. The number of nitrogens with zero attached hydrogens (tertiary/aromatic N) is 5. The summed E-state index contributed by atoms with van der Waals surface area (Å²) in [6.45, 7) is 3.43. The normalized spacial score (nSPS) is 25.5. The number of ether oxygens (including phenoxy) is 2. The predicted octanol–water partition coefficient (Wildman–Crippen LogP) is 1.23. The fraction of sp³-hybridized carbons (Fsp3) is 0.529. The lowest BCUT2D eigenvalue weighted by Crippen LogP contribution is -2.43. The minimum absolute atomic E-state index is 0.205. The lowest BCUT2D eigenvalue weighted by atomic mass is 9.84. The number of rotatable bonds is 5. The third-order valence-corrected chi connectivity index (χ3v) is 4.98. The smallest absolute Gasteiger partial charge is 0.222 e. The van der Waals surface area contributed by atoms with E-state index in [0.29, 0.717) is 23.7 Å². The highest BCUT2D eigenvalue weighted by Gasteiger charge is 2.41. The summed E-state index contributed by atoms with van der Waals surface area (Å²) in [5, 5.41) is 3.28. The largest absolute Gasteiger partial charge is 0.481 e. The van der Waals surface area contributed by atoms with Gasteiger partial charge in [-0.05, 0) is 18.4 Å². The van der Waals surface area contributed by atoms with Crippen LogP contribution in [0.4, 0.5) is 11.8 Å². The molecule has 2 aliphatic rings. The molecule has 1 N–H and O–H groups in total. The van der Waals surface area contributed by atoms with E-state index in [1.54, 1.807) is 25.8 Å². The predicted molar refractivity (Wildman–Crippen MR) is 92.7 cm³/mol. The van der Waals surface area contributed by atoms with Crippen molar-refractivity contribution in [2.45, 2.75) is 12.5 Å². The number of piperidine rings is 1. The zero-order valence-electron chi connectivity index (χ0n) is 14.2. The van der Waals surface area contributed by atoms with Crippen molar-refractivity contribution in [2.24, 2.45) is 11.8 Å². The Labute approximate surface area is 146 Å². The molecule has 4 heterocycles. The molecule has 2 aromatic heterocycles. The van der Waals surface area contributed by atoms with Crippen LogP contribution in [0.25, 0.3) is 0 Å². The van der Waals surface area contributed by atoms with Crippen LogP contribution in [0.5, 0.6) is 5.88 Å². The second kappa shape index (κ2) is 7.18. The van der Waals surface area contributed by atoms with Crippen LogP contribution in [-0.2, 0) is 4.74 Å². The van der Waals surface area contributed by atoms with Crippen molar-refractivity contribution in [3.8, 4) is 5.88 Å². The number of aromatic nitrogens is 4. The summed E-state index contributed by atoms with van der Waals surface area (Å²) in [7, 11) is 1.62. The molecule has 3 atom stereocenters. The molecule has 0 aliphatic carbocycles. The summed E-state index contributed by atoms with van der Waals surface area (Å²) in [4.78, 5) is 19.2. The van der Waals surface area contributed by atoms with E-state index in [1.807, 2.05) is 12.1 Å². The van der Waals surface area contributed by atoms with E-state index < -0.39 is 0 Å². The Hall–Kier alpha value is -2.48. The number of hydrogen-bond donors (Lipinski definition) is 1. The lowest BCUT2D eigenvalue weighted by molar-refractivity contribution is 0.0991. The minimum Gasteiger partial charge on any atom is -0.481 e. The first kappa shape index (κ1) is 16.0. The van der Waals surface area contributed by atoms with Gasteiger partial charge in [0.05, 0.1) is 19.8 Å². The van der Waals surface area contributed by atoms with Crippen LogP contribution in [0.15, 0.2) is 30.9 Å². The molecule has 132 valence electrons. The van der Waals surface area contributed by atoms with Gasteiger partial charge in [-0.1, -0.05) is 0 Å². The number of fused-ring (bicyclic) bond motifs is 1. The molecular formula is C17H22N6O2. The van der Waals surface area contributed by atoms with Crippen molar-refractivity contribution in [3.05, 3.63) is 30.9 Å². The second-order valence-electron chi connectivity index (χ2n) is 6.40. The molecule has 2 saturated heterocycles. The van der Waals surface area contributed by atoms with E-state index in [9.17, 15) is 0 Å². The molecule has 8 nitrogen and oxygen atoms in total. The Morgan fingerprint density at radius 3 is 3.00 bits per heavy atom. The first-order chi connectivity index (χ1) is 12.3. The monoisotopic (exact) mass is 342 g/mol. The van der Waals surface area contributed by atoms with Crippen molar-refractivity contribution < 1.29 is 9.47 Å². The molecule has 0 bridgehead atoms. The summed E-state index contributed by atoms with van der Waals surface area (Å²) in [5.41, 5.74) is 0. The number of hydrogen-bond acceptors (Lipinski definition) is 8. The SMILES string of the molecule is COc1cc(N2CC[C@@H]3[C@@H](CO[C@H]3CNc3ncccn3)C2)ncn1. The van der Waals surface area contributed by atoms with E-state index in [-0.39, 0.29) is 6.10 Å². The maximum atomic E-state index is 6.05. The Balaban J connectivity index is 1.36. The fourth-order valence-corrected chi connectivity index (χ4v) is 3.70. The van der Waals surface area contributed by atoms with Gasteiger partial charge >= 0.3 is 0 Å². The van der Waals surface area contributed by atoms with Gasteiger partial charge in [-0.2, -0.15) is 0 Å². The highest BCUT2D eigenvalue weighted by molar-refractivity contribution is 5.41. The van der Waals surface area contributed by atoms with Gasteiger partial charge in [-0.25, -0.2) is 19.9 Å². The Bertz CT molecular complexity index is 701. The summed E-state index contributed by atoms with van der Waals surface area (Å²) in [5.74, 6) is 3.23. The van der Waals surface area contributed by atoms with Crippen LogP contribution in [0.1, 0.15) is 6.42 Å². The minimum atomic E-state index is 0.205. The van der Waals surface area contributed by atoms with Crippen LogP contribution < -0.4 is 15.0 Å². The molecule has 0 radical (unpaired) electrons. The van der Waals surface area contributed by atoms with E-state index >= 15 is 0 Å². The van der Waals surface area contributed by atoms with Gasteiger partial charge in [0.2, 0.25) is 11.8 Å². The molecule has 0 spiro atoms. The maximum Gasteiger partial charge on any atom is 0.222 e. The van der Waals surface area contributed by atoms with Crippen molar-refractivity contribution in [1.82, 2.24) is 19.9 Å². The molecule has 2 aromatic rings. The van der Waals surface area contributed by atoms with Crippen molar-refractivity contribution >= 4 is 11.8 Å². The second-order valence-corrected chi connectivity index (χ2v) is 6.40. The van der Waals surface area contributed by atoms with Crippen LogP contribution >= 0.6 is 0 Å². The number of nitrogens with one attached hydrogen (secondary N) is 1. The van der Waals surface area contributed by atoms with Gasteiger partial charge in [-0.15, -0.1) is 0 Å². The van der Waals surface area contributed by atoms with Gasteiger partial charge in [-0.3, -0.25) is 0 Å². The van der Waals surface area contributed by atoms with Gasteiger partial charge in [0.1, 0.15) is 12.1 Å². The average molecular weight is 342 g/mol. The zero-order valence-corrected chi connectivity index (χ0v) is 14.2. The molecule has 4 rings (SSSR count). The van der Waals surface area contributed by atoms with Crippen LogP contribution in [0.3, 0.4) is 0 Å². The maximum absolute atomic E-state index is 6.05. The first-order valence-corrected chi connectivity index (χ1v) is 8.57. The van der Waals surface area contributed by atoms with Crippen molar-refractivity contribution in [3.63, 3.8) is 0 Å². The van der Waals surface area contributed by atoms with Crippen molar-refractivity contribution in [2.75, 3.05) is 43.6 Å². The van der Waals surface area contributed by atoms with E-state index in [0.717, 1.165) is 38.5 Å². The Kier molecular flexibility index (Phi) is 4.60. The van der Waals surface area contributed by atoms with Crippen LogP contribution in [0.2, 0.25) is 0 Å². The van der Waals surface area contributed by atoms with E-state index in [1.165, 1.54) is 0 Å². The zero-order chi connectivity index (χ0) is 17.1. The number of anilines is 2. The summed E-state index contributed by atoms with van der Waals surface area (Å²) >= 11 is 0. The van der Waals surface area contributed by atoms with Gasteiger partial charge in [0, 0.05) is 44.0 Å². The first-order valence-electron chi connectivity index (χ1n) is 8.57. The highest BCUT2D eigenvalue weighted by atomic mass is 16.5. The van der Waals surface area contributed by atoms with Gasteiger partial charge in [0.25, 0.3) is 0 Å². The quantitative estimate of drug-likeness (QED) is 0.868. The average Bonchev–Trinajstić information content (AvgIpc) is 3.09. The third kappa shape index (κ3) is 3.48. The lowest BCUT2D eigenvalue weighted by Gasteiger charge is -2.36. The molecule has 2 fully saturated rings.